The molecule has 0 N–H and O–H groups in total. The van der Waals surface area contributed by atoms with Crippen molar-refractivity contribution in [1.29, 1.82) is 0 Å². The SMILES string of the molecule is CC(=O)CCCC(C)(C)OC(=O)c1ccccc1. The minimum Gasteiger partial charge on any atom is -0.456 e. The van der Waals surface area contributed by atoms with Gasteiger partial charge in [-0.25, -0.2) is 4.79 Å². The van der Waals surface area contributed by atoms with Crippen LogP contribution < -0.4 is 0 Å². The van der Waals surface area contributed by atoms with E-state index in [4.69, 9.17) is 4.74 Å². The normalized spacial score (nSPS) is 11.1. The fourth-order valence-electron chi connectivity index (χ4n) is 1.70. The molecule has 0 saturated heterocycles. The molecule has 18 heavy (non-hydrogen) atoms. The van der Waals surface area contributed by atoms with Crippen molar-refractivity contribution in [2.45, 2.75) is 45.6 Å². The molecule has 1 rings (SSSR count). The largest absolute Gasteiger partial charge is 0.456 e. The van der Waals surface area contributed by atoms with E-state index in [2.05, 4.69) is 0 Å². The van der Waals surface area contributed by atoms with E-state index < -0.39 is 5.60 Å². The maximum absolute atomic E-state index is 11.9. The van der Waals surface area contributed by atoms with Crippen molar-refractivity contribution in [3.8, 4) is 0 Å². The summed E-state index contributed by atoms with van der Waals surface area (Å²) in [5.74, 6) is -0.149. The van der Waals surface area contributed by atoms with Gasteiger partial charge in [0, 0.05) is 6.42 Å². The van der Waals surface area contributed by atoms with E-state index in [1.54, 1.807) is 31.2 Å². The number of carbonyl (C=O) groups excluding carboxylic acids is 2. The van der Waals surface area contributed by atoms with E-state index in [-0.39, 0.29) is 11.8 Å². The van der Waals surface area contributed by atoms with Gasteiger partial charge < -0.3 is 9.53 Å². The van der Waals surface area contributed by atoms with Crippen LogP contribution >= 0.6 is 0 Å². The minimum absolute atomic E-state index is 0.167. The number of Topliss-reactive ketones (excluding diaryl/α,β-unsaturated/α-hetero) is 1. The van der Waals surface area contributed by atoms with Crippen molar-refractivity contribution in [2.24, 2.45) is 0 Å². The van der Waals surface area contributed by atoms with Gasteiger partial charge in [-0.1, -0.05) is 18.2 Å². The van der Waals surface area contributed by atoms with Gasteiger partial charge in [0.2, 0.25) is 0 Å². The molecule has 1 aromatic rings. The highest BCUT2D eigenvalue weighted by molar-refractivity contribution is 5.89. The molecule has 0 aromatic heterocycles. The van der Waals surface area contributed by atoms with Gasteiger partial charge in [0.05, 0.1) is 5.56 Å². The van der Waals surface area contributed by atoms with Gasteiger partial charge in [0.15, 0.2) is 0 Å². The Morgan fingerprint density at radius 3 is 2.33 bits per heavy atom. The summed E-state index contributed by atoms with van der Waals surface area (Å²) in [7, 11) is 0. The van der Waals surface area contributed by atoms with E-state index >= 15 is 0 Å². The minimum atomic E-state index is -0.539. The Labute approximate surface area is 108 Å². The van der Waals surface area contributed by atoms with Gasteiger partial charge >= 0.3 is 5.97 Å². The number of ketones is 1. The van der Waals surface area contributed by atoms with Crippen molar-refractivity contribution in [1.82, 2.24) is 0 Å². The maximum atomic E-state index is 11.9. The Kier molecular flexibility index (Phi) is 5.08. The third-order valence-corrected chi connectivity index (χ3v) is 2.69. The molecular weight excluding hydrogens is 228 g/mol. The van der Waals surface area contributed by atoms with Gasteiger partial charge in [-0.2, -0.15) is 0 Å². The van der Waals surface area contributed by atoms with Crippen LogP contribution in [0.1, 0.15) is 50.4 Å². The molecule has 0 unspecified atom stereocenters. The summed E-state index contributed by atoms with van der Waals surface area (Å²) in [6.45, 7) is 5.31. The van der Waals surface area contributed by atoms with Crippen LogP contribution in [0.15, 0.2) is 30.3 Å². The topological polar surface area (TPSA) is 43.4 Å². The molecule has 3 heteroatoms. The summed E-state index contributed by atoms with van der Waals surface area (Å²) in [4.78, 5) is 22.7. The van der Waals surface area contributed by atoms with Gasteiger partial charge in [-0.05, 0) is 45.7 Å². The van der Waals surface area contributed by atoms with Crippen LogP contribution in [-0.2, 0) is 9.53 Å². The highest BCUT2D eigenvalue weighted by Crippen LogP contribution is 2.20. The van der Waals surface area contributed by atoms with Crippen LogP contribution in [0.4, 0.5) is 0 Å². The molecule has 0 fully saturated rings. The predicted molar refractivity (Wildman–Crippen MR) is 70.5 cm³/mol. The summed E-state index contributed by atoms with van der Waals surface area (Å²) in [5, 5.41) is 0. The third kappa shape index (κ3) is 5.13. The standard InChI is InChI=1S/C15H20O3/c1-12(16)8-7-11-15(2,3)18-14(17)13-9-5-4-6-10-13/h4-6,9-10H,7-8,11H2,1-3H3. The Hall–Kier alpha value is -1.64. The summed E-state index contributed by atoms with van der Waals surface area (Å²) >= 11 is 0. The van der Waals surface area contributed by atoms with Gasteiger partial charge in [-0.15, -0.1) is 0 Å². The number of carbonyl (C=O) groups is 2. The van der Waals surface area contributed by atoms with E-state index in [1.807, 2.05) is 19.9 Å². The molecule has 0 bridgehead atoms. The van der Waals surface area contributed by atoms with Crippen molar-refractivity contribution in [2.75, 3.05) is 0 Å². The second-order valence-electron chi connectivity index (χ2n) is 5.07. The lowest BCUT2D eigenvalue weighted by Gasteiger charge is -2.25. The van der Waals surface area contributed by atoms with Crippen LogP contribution in [0.2, 0.25) is 0 Å². The zero-order valence-corrected chi connectivity index (χ0v) is 11.2. The molecule has 0 atom stereocenters. The van der Waals surface area contributed by atoms with Crippen LogP contribution in [0.5, 0.6) is 0 Å². The number of hydrogen-bond acceptors (Lipinski definition) is 3. The van der Waals surface area contributed by atoms with Crippen LogP contribution in [0.3, 0.4) is 0 Å². The highest BCUT2D eigenvalue weighted by atomic mass is 16.6. The first-order chi connectivity index (χ1) is 8.41. The molecule has 3 nitrogen and oxygen atoms in total. The molecule has 0 aliphatic carbocycles. The second kappa shape index (κ2) is 6.34. The maximum Gasteiger partial charge on any atom is 0.338 e. The average molecular weight is 248 g/mol. The smallest absolute Gasteiger partial charge is 0.338 e. The number of hydrogen-bond donors (Lipinski definition) is 0. The van der Waals surface area contributed by atoms with Crippen molar-refractivity contribution in [3.63, 3.8) is 0 Å². The lowest BCUT2D eigenvalue weighted by atomic mass is 10.00. The summed E-state index contributed by atoms with van der Waals surface area (Å²) in [5.41, 5.74) is 0.0136. The van der Waals surface area contributed by atoms with E-state index in [9.17, 15) is 9.59 Å². The molecule has 0 aliphatic heterocycles. The highest BCUT2D eigenvalue weighted by Gasteiger charge is 2.23. The fourth-order valence-corrected chi connectivity index (χ4v) is 1.70. The zero-order chi connectivity index (χ0) is 13.6. The predicted octanol–water partition coefficient (Wildman–Crippen LogP) is 3.38. The first-order valence-corrected chi connectivity index (χ1v) is 6.18. The Morgan fingerprint density at radius 1 is 1.17 bits per heavy atom. The van der Waals surface area contributed by atoms with Crippen molar-refractivity contribution in [3.05, 3.63) is 35.9 Å². The molecule has 98 valence electrons. The Bertz CT molecular complexity index is 407. The Morgan fingerprint density at radius 2 is 1.78 bits per heavy atom. The van der Waals surface area contributed by atoms with Gasteiger partial charge in [-0.3, -0.25) is 0 Å². The summed E-state index contributed by atoms with van der Waals surface area (Å²) in [6.07, 6.45) is 1.96. The molecule has 0 aliphatic rings. The summed E-state index contributed by atoms with van der Waals surface area (Å²) in [6, 6.07) is 8.93. The molecule has 1 aromatic carbocycles. The zero-order valence-electron chi connectivity index (χ0n) is 11.2. The molecule has 0 amide bonds. The van der Waals surface area contributed by atoms with Crippen LogP contribution in [0.25, 0.3) is 0 Å². The molecular formula is C15H20O3. The van der Waals surface area contributed by atoms with E-state index in [1.165, 1.54) is 0 Å². The third-order valence-electron chi connectivity index (χ3n) is 2.69. The summed E-state index contributed by atoms with van der Waals surface area (Å²) < 4.78 is 5.46. The average Bonchev–Trinajstić information content (AvgIpc) is 2.28. The number of benzene rings is 1. The van der Waals surface area contributed by atoms with Crippen molar-refractivity contribution >= 4 is 11.8 Å². The van der Waals surface area contributed by atoms with Crippen molar-refractivity contribution < 1.29 is 14.3 Å². The van der Waals surface area contributed by atoms with E-state index in [0.717, 1.165) is 6.42 Å². The lowest BCUT2D eigenvalue weighted by molar-refractivity contribution is -0.117. The van der Waals surface area contributed by atoms with Crippen LogP contribution in [0, 0.1) is 0 Å². The molecule has 0 saturated carbocycles. The molecule has 0 spiro atoms. The number of rotatable bonds is 6. The second-order valence-corrected chi connectivity index (χ2v) is 5.07. The van der Waals surface area contributed by atoms with Gasteiger partial charge in [0.25, 0.3) is 0 Å². The number of esters is 1. The lowest BCUT2D eigenvalue weighted by Crippen LogP contribution is -2.28. The van der Waals surface area contributed by atoms with E-state index in [0.29, 0.717) is 18.4 Å². The quantitative estimate of drug-likeness (QED) is 0.725. The first kappa shape index (κ1) is 14.4. The first-order valence-electron chi connectivity index (χ1n) is 6.18. The molecule has 0 radical (unpaired) electrons. The number of ether oxygens (including phenoxy) is 1. The molecule has 0 heterocycles. The monoisotopic (exact) mass is 248 g/mol. The van der Waals surface area contributed by atoms with Crippen LogP contribution in [-0.4, -0.2) is 17.4 Å². The Balaban J connectivity index is 2.49. The fraction of sp³-hybridized carbons (Fsp3) is 0.467. The van der Waals surface area contributed by atoms with Gasteiger partial charge in [0.1, 0.15) is 11.4 Å².